The number of benzene rings is 1. The molecule has 0 fully saturated rings. The molecule has 0 aliphatic rings. The van der Waals surface area contributed by atoms with Crippen LogP contribution < -0.4 is 5.56 Å². The average molecular weight is 225 g/mol. The van der Waals surface area contributed by atoms with Crippen molar-refractivity contribution in [1.82, 2.24) is 9.97 Å². The quantitative estimate of drug-likeness (QED) is 0.848. The lowest BCUT2D eigenvalue weighted by Crippen LogP contribution is -2.10. The summed E-state index contributed by atoms with van der Waals surface area (Å²) in [6.45, 7) is 1.92. The molecule has 1 N–H and O–H groups in total. The topological polar surface area (TPSA) is 69.5 Å². The third-order valence-electron chi connectivity index (χ3n) is 2.41. The standard InChI is InChI=1S/C13H11N3O/c1-2-12-15-11(7-13(17)16-12)10-5-3-4-9(6-10)8-14/h3-7H,2H2,1H3,(H,15,16,17). The zero-order valence-electron chi connectivity index (χ0n) is 9.40. The smallest absolute Gasteiger partial charge is 0.251 e. The van der Waals surface area contributed by atoms with E-state index in [1.165, 1.54) is 6.07 Å². The van der Waals surface area contributed by atoms with Crippen LogP contribution in [0.5, 0.6) is 0 Å². The van der Waals surface area contributed by atoms with Crippen LogP contribution in [0.25, 0.3) is 11.3 Å². The van der Waals surface area contributed by atoms with Gasteiger partial charge in [0.05, 0.1) is 17.3 Å². The van der Waals surface area contributed by atoms with E-state index in [0.717, 1.165) is 5.56 Å². The molecular formula is C13H11N3O. The Morgan fingerprint density at radius 2 is 2.24 bits per heavy atom. The Labute approximate surface area is 98.6 Å². The second-order valence-corrected chi connectivity index (χ2v) is 3.62. The fourth-order valence-electron chi connectivity index (χ4n) is 1.57. The number of aromatic nitrogens is 2. The van der Waals surface area contributed by atoms with Gasteiger partial charge in [-0.1, -0.05) is 19.1 Å². The lowest BCUT2D eigenvalue weighted by Gasteiger charge is -2.03. The highest BCUT2D eigenvalue weighted by molar-refractivity contribution is 5.60. The Morgan fingerprint density at radius 3 is 2.94 bits per heavy atom. The SMILES string of the molecule is CCc1nc(-c2cccc(C#N)c2)cc(=O)[nH]1. The predicted octanol–water partition coefficient (Wildman–Crippen LogP) is 1.87. The number of nitriles is 1. The van der Waals surface area contributed by atoms with Crippen molar-refractivity contribution in [2.45, 2.75) is 13.3 Å². The van der Waals surface area contributed by atoms with E-state index >= 15 is 0 Å². The van der Waals surface area contributed by atoms with Crippen LogP contribution in [0.4, 0.5) is 0 Å². The van der Waals surface area contributed by atoms with Gasteiger partial charge < -0.3 is 4.98 Å². The third kappa shape index (κ3) is 2.40. The molecule has 84 valence electrons. The van der Waals surface area contributed by atoms with Crippen molar-refractivity contribution in [3.8, 4) is 17.3 Å². The molecular weight excluding hydrogens is 214 g/mol. The van der Waals surface area contributed by atoms with E-state index < -0.39 is 0 Å². The minimum absolute atomic E-state index is 0.172. The number of nitrogens with one attached hydrogen (secondary N) is 1. The van der Waals surface area contributed by atoms with Gasteiger partial charge in [-0.15, -0.1) is 0 Å². The van der Waals surface area contributed by atoms with Gasteiger partial charge in [0.25, 0.3) is 5.56 Å². The van der Waals surface area contributed by atoms with Gasteiger partial charge >= 0.3 is 0 Å². The first kappa shape index (κ1) is 11.1. The summed E-state index contributed by atoms with van der Waals surface area (Å²) < 4.78 is 0. The summed E-state index contributed by atoms with van der Waals surface area (Å²) in [5.41, 5.74) is 1.77. The van der Waals surface area contributed by atoms with Crippen molar-refractivity contribution in [2.24, 2.45) is 0 Å². The maximum absolute atomic E-state index is 11.4. The molecule has 0 unspecified atom stereocenters. The molecule has 0 bridgehead atoms. The number of hydrogen-bond acceptors (Lipinski definition) is 3. The summed E-state index contributed by atoms with van der Waals surface area (Å²) in [4.78, 5) is 18.4. The molecule has 2 rings (SSSR count). The molecule has 0 saturated carbocycles. The van der Waals surface area contributed by atoms with E-state index in [4.69, 9.17) is 5.26 Å². The van der Waals surface area contributed by atoms with Crippen LogP contribution in [-0.2, 0) is 6.42 Å². The molecule has 0 atom stereocenters. The van der Waals surface area contributed by atoms with Gasteiger partial charge in [0, 0.05) is 18.1 Å². The first-order chi connectivity index (χ1) is 8.22. The molecule has 0 saturated heterocycles. The Morgan fingerprint density at radius 1 is 1.41 bits per heavy atom. The van der Waals surface area contributed by atoms with Crippen LogP contribution in [0, 0.1) is 11.3 Å². The molecule has 0 aliphatic carbocycles. The molecule has 1 aromatic heterocycles. The van der Waals surface area contributed by atoms with Crippen LogP contribution in [0.2, 0.25) is 0 Å². The number of aromatic amines is 1. The molecule has 0 aliphatic heterocycles. The van der Waals surface area contributed by atoms with E-state index in [0.29, 0.717) is 23.5 Å². The van der Waals surface area contributed by atoms with Crippen LogP contribution in [0.1, 0.15) is 18.3 Å². The van der Waals surface area contributed by atoms with E-state index in [1.807, 2.05) is 13.0 Å². The average Bonchev–Trinajstić information content (AvgIpc) is 2.38. The highest BCUT2D eigenvalue weighted by atomic mass is 16.1. The van der Waals surface area contributed by atoms with Crippen molar-refractivity contribution in [2.75, 3.05) is 0 Å². The molecule has 2 aromatic rings. The maximum Gasteiger partial charge on any atom is 0.251 e. The van der Waals surface area contributed by atoms with Crippen molar-refractivity contribution < 1.29 is 0 Å². The number of hydrogen-bond donors (Lipinski definition) is 1. The molecule has 17 heavy (non-hydrogen) atoms. The van der Waals surface area contributed by atoms with E-state index in [2.05, 4.69) is 16.0 Å². The zero-order valence-corrected chi connectivity index (χ0v) is 9.40. The first-order valence-corrected chi connectivity index (χ1v) is 5.33. The normalized spacial score (nSPS) is 9.88. The number of rotatable bonds is 2. The number of aryl methyl sites for hydroxylation is 1. The summed E-state index contributed by atoms with van der Waals surface area (Å²) in [7, 11) is 0. The Balaban J connectivity index is 2.56. The van der Waals surface area contributed by atoms with E-state index in [9.17, 15) is 4.79 Å². The van der Waals surface area contributed by atoms with Gasteiger partial charge in [0.1, 0.15) is 5.82 Å². The van der Waals surface area contributed by atoms with Crippen LogP contribution in [0.15, 0.2) is 35.1 Å². The summed E-state index contributed by atoms with van der Waals surface area (Å²) in [5.74, 6) is 0.648. The molecule has 4 heteroatoms. The van der Waals surface area contributed by atoms with Gasteiger partial charge in [-0.05, 0) is 12.1 Å². The Hall–Kier alpha value is -2.41. The van der Waals surface area contributed by atoms with Gasteiger partial charge in [-0.3, -0.25) is 4.79 Å². The summed E-state index contributed by atoms with van der Waals surface area (Å²) in [6, 6.07) is 10.6. The summed E-state index contributed by atoms with van der Waals surface area (Å²) >= 11 is 0. The minimum Gasteiger partial charge on any atom is -0.311 e. The summed E-state index contributed by atoms with van der Waals surface area (Å²) in [5, 5.41) is 8.83. The summed E-state index contributed by atoms with van der Waals surface area (Å²) in [6.07, 6.45) is 0.668. The molecule has 4 nitrogen and oxygen atoms in total. The Kier molecular flexibility index (Phi) is 3.01. The van der Waals surface area contributed by atoms with Crippen LogP contribution in [0.3, 0.4) is 0 Å². The number of nitrogens with zero attached hydrogens (tertiary/aromatic N) is 2. The first-order valence-electron chi connectivity index (χ1n) is 5.33. The van der Waals surface area contributed by atoms with Crippen molar-refractivity contribution in [3.05, 3.63) is 52.1 Å². The lowest BCUT2D eigenvalue weighted by molar-refractivity contribution is 0.924. The highest BCUT2D eigenvalue weighted by Gasteiger charge is 2.03. The van der Waals surface area contributed by atoms with Crippen molar-refractivity contribution in [1.29, 1.82) is 5.26 Å². The predicted molar refractivity (Wildman–Crippen MR) is 64.4 cm³/mol. The second-order valence-electron chi connectivity index (χ2n) is 3.62. The van der Waals surface area contributed by atoms with Crippen LogP contribution >= 0.6 is 0 Å². The Bertz CT molecular complexity index is 638. The minimum atomic E-state index is -0.172. The third-order valence-corrected chi connectivity index (χ3v) is 2.41. The van der Waals surface area contributed by atoms with Gasteiger partial charge in [0.2, 0.25) is 0 Å². The van der Waals surface area contributed by atoms with E-state index in [-0.39, 0.29) is 5.56 Å². The monoisotopic (exact) mass is 225 g/mol. The second kappa shape index (κ2) is 4.62. The van der Waals surface area contributed by atoms with E-state index in [1.54, 1.807) is 18.2 Å². The number of H-pyrrole nitrogens is 1. The molecule has 0 spiro atoms. The maximum atomic E-state index is 11.4. The fourth-order valence-corrected chi connectivity index (χ4v) is 1.57. The van der Waals surface area contributed by atoms with Crippen molar-refractivity contribution >= 4 is 0 Å². The molecule has 0 radical (unpaired) electrons. The van der Waals surface area contributed by atoms with Gasteiger partial charge in [0.15, 0.2) is 0 Å². The molecule has 1 aromatic carbocycles. The largest absolute Gasteiger partial charge is 0.311 e. The molecule has 1 heterocycles. The van der Waals surface area contributed by atoms with Gasteiger partial charge in [-0.25, -0.2) is 4.98 Å². The van der Waals surface area contributed by atoms with Crippen molar-refractivity contribution in [3.63, 3.8) is 0 Å². The zero-order chi connectivity index (χ0) is 12.3. The van der Waals surface area contributed by atoms with Crippen LogP contribution in [-0.4, -0.2) is 9.97 Å². The fraction of sp³-hybridized carbons (Fsp3) is 0.154. The molecule has 0 amide bonds. The lowest BCUT2D eigenvalue weighted by atomic mass is 10.1. The van der Waals surface area contributed by atoms with Gasteiger partial charge in [-0.2, -0.15) is 5.26 Å². The highest BCUT2D eigenvalue weighted by Crippen LogP contribution is 2.16.